The summed E-state index contributed by atoms with van der Waals surface area (Å²) in [6, 6.07) is 17.4. The number of carbonyl (C=O) groups excluding carboxylic acids is 2. The van der Waals surface area contributed by atoms with Gasteiger partial charge in [0.15, 0.2) is 0 Å². The van der Waals surface area contributed by atoms with Crippen molar-refractivity contribution in [3.63, 3.8) is 0 Å². The van der Waals surface area contributed by atoms with Crippen LogP contribution in [-0.2, 0) is 0 Å². The number of pyridine rings is 1. The molecule has 6 heteroatoms. The van der Waals surface area contributed by atoms with E-state index in [9.17, 15) is 9.59 Å². The number of rotatable bonds is 4. The average molecular weight is 408 g/mol. The fraction of sp³-hybridized carbons (Fsp3) is 0.174. The highest BCUT2D eigenvalue weighted by atomic mass is 35.5. The summed E-state index contributed by atoms with van der Waals surface area (Å²) in [5, 5.41) is 0.555. The van der Waals surface area contributed by atoms with Crippen LogP contribution in [0.3, 0.4) is 0 Å². The van der Waals surface area contributed by atoms with Crippen LogP contribution in [-0.4, -0.2) is 22.3 Å². The predicted octanol–water partition coefficient (Wildman–Crippen LogP) is 4.95. The van der Waals surface area contributed by atoms with Gasteiger partial charge >= 0.3 is 0 Å². The van der Waals surface area contributed by atoms with Gasteiger partial charge in [-0.3, -0.25) is 14.6 Å². The lowest BCUT2D eigenvalue weighted by molar-refractivity contribution is 0.0962. The molecular formula is C23H22ClN3O2. The third-order valence-corrected chi connectivity index (χ3v) is 4.77. The van der Waals surface area contributed by atoms with Crippen molar-refractivity contribution in [2.24, 2.45) is 5.73 Å². The molecule has 1 aromatic heterocycles. The predicted molar refractivity (Wildman–Crippen MR) is 116 cm³/mol. The number of primary amides is 1. The van der Waals surface area contributed by atoms with Gasteiger partial charge in [-0.2, -0.15) is 0 Å². The van der Waals surface area contributed by atoms with Crippen LogP contribution in [0.25, 0.3) is 11.3 Å². The minimum atomic E-state index is -0.533. The van der Waals surface area contributed by atoms with Gasteiger partial charge < -0.3 is 10.6 Å². The maximum absolute atomic E-state index is 13.4. The Bertz CT molecular complexity index is 1040. The van der Waals surface area contributed by atoms with E-state index in [1.807, 2.05) is 51.1 Å². The van der Waals surface area contributed by atoms with Gasteiger partial charge in [0.25, 0.3) is 5.91 Å². The largest absolute Gasteiger partial charge is 0.366 e. The summed E-state index contributed by atoms with van der Waals surface area (Å²) in [6.45, 7) is 5.87. The molecule has 0 unspecified atom stereocenters. The average Bonchev–Trinajstić information content (AvgIpc) is 2.69. The lowest BCUT2D eigenvalue weighted by Crippen LogP contribution is -2.46. The molecule has 148 valence electrons. The first-order chi connectivity index (χ1) is 13.7. The second kappa shape index (κ2) is 8.05. The summed E-state index contributed by atoms with van der Waals surface area (Å²) < 4.78 is 0. The van der Waals surface area contributed by atoms with E-state index in [1.54, 1.807) is 41.4 Å². The zero-order chi connectivity index (χ0) is 21.2. The van der Waals surface area contributed by atoms with E-state index in [2.05, 4.69) is 4.98 Å². The molecule has 0 bridgehead atoms. The molecule has 0 aliphatic carbocycles. The fourth-order valence-electron chi connectivity index (χ4n) is 3.09. The quantitative estimate of drug-likeness (QED) is 0.665. The van der Waals surface area contributed by atoms with Crippen LogP contribution in [0.5, 0.6) is 0 Å². The van der Waals surface area contributed by atoms with Crippen LogP contribution >= 0.6 is 11.6 Å². The molecule has 3 rings (SSSR count). The van der Waals surface area contributed by atoms with Crippen molar-refractivity contribution < 1.29 is 9.59 Å². The molecule has 1 heterocycles. The molecule has 0 aliphatic rings. The molecule has 0 aliphatic heterocycles. The summed E-state index contributed by atoms with van der Waals surface area (Å²) in [7, 11) is 0. The first-order valence-corrected chi connectivity index (χ1v) is 9.51. The number of halogens is 1. The minimum absolute atomic E-state index is 0.192. The zero-order valence-electron chi connectivity index (χ0n) is 16.5. The number of carbonyl (C=O) groups is 2. The van der Waals surface area contributed by atoms with E-state index in [-0.39, 0.29) is 5.91 Å². The molecule has 29 heavy (non-hydrogen) atoms. The molecule has 0 saturated heterocycles. The number of nitrogens with two attached hydrogens (primary N) is 1. The molecule has 0 saturated carbocycles. The molecule has 3 aromatic rings. The van der Waals surface area contributed by atoms with E-state index >= 15 is 0 Å². The Kier molecular flexibility index (Phi) is 5.71. The molecular weight excluding hydrogens is 386 g/mol. The highest BCUT2D eigenvalue weighted by Crippen LogP contribution is 2.34. The van der Waals surface area contributed by atoms with Gasteiger partial charge in [-0.1, -0.05) is 17.7 Å². The number of anilines is 1. The topological polar surface area (TPSA) is 76.3 Å². The van der Waals surface area contributed by atoms with Crippen molar-refractivity contribution in [3.05, 3.63) is 83.0 Å². The zero-order valence-corrected chi connectivity index (χ0v) is 17.3. The van der Waals surface area contributed by atoms with E-state index in [1.165, 1.54) is 0 Å². The first-order valence-electron chi connectivity index (χ1n) is 9.14. The Balaban J connectivity index is 2.06. The number of nitrogens with zero attached hydrogens (tertiary/aromatic N) is 2. The molecule has 5 nitrogen and oxygen atoms in total. The highest BCUT2D eigenvalue weighted by molar-refractivity contribution is 6.33. The van der Waals surface area contributed by atoms with Crippen molar-refractivity contribution in [3.8, 4) is 11.3 Å². The molecule has 0 radical (unpaired) electrons. The van der Waals surface area contributed by atoms with E-state index in [0.29, 0.717) is 21.8 Å². The normalized spacial score (nSPS) is 11.2. The summed E-state index contributed by atoms with van der Waals surface area (Å²) in [6.07, 6.45) is 1.70. The van der Waals surface area contributed by atoms with Crippen LogP contribution in [0.1, 0.15) is 41.5 Å². The summed E-state index contributed by atoms with van der Waals surface area (Å²) in [5.74, 6) is -0.725. The Hall–Kier alpha value is -3.18. The van der Waals surface area contributed by atoms with Crippen molar-refractivity contribution in [1.82, 2.24) is 4.98 Å². The van der Waals surface area contributed by atoms with Crippen molar-refractivity contribution in [1.29, 1.82) is 0 Å². The number of hydrogen-bond donors (Lipinski definition) is 1. The lowest BCUT2D eigenvalue weighted by Gasteiger charge is -2.36. The summed E-state index contributed by atoms with van der Waals surface area (Å²) >= 11 is 6.41. The smallest absolute Gasteiger partial charge is 0.258 e. The number of hydrogen-bond acceptors (Lipinski definition) is 3. The monoisotopic (exact) mass is 407 g/mol. The second-order valence-electron chi connectivity index (χ2n) is 7.63. The van der Waals surface area contributed by atoms with Gasteiger partial charge in [0.1, 0.15) is 0 Å². The SMILES string of the molecule is CC(C)(C)N(C(=O)c1ccc(C(N)=O)cc1)c1ccc(Cl)c(-c2ccccn2)c1. The lowest BCUT2D eigenvalue weighted by atomic mass is 10.0. The third kappa shape index (κ3) is 4.46. The van der Waals surface area contributed by atoms with Crippen LogP contribution < -0.4 is 10.6 Å². The van der Waals surface area contributed by atoms with Gasteiger partial charge in [-0.05, 0) is 75.4 Å². The second-order valence-corrected chi connectivity index (χ2v) is 8.04. The van der Waals surface area contributed by atoms with E-state index in [0.717, 1.165) is 11.3 Å². The van der Waals surface area contributed by atoms with Gasteiger partial charge in [-0.15, -0.1) is 0 Å². The molecule has 2 N–H and O–H groups in total. The van der Waals surface area contributed by atoms with Crippen molar-refractivity contribution >= 4 is 29.1 Å². The highest BCUT2D eigenvalue weighted by Gasteiger charge is 2.29. The van der Waals surface area contributed by atoms with Crippen molar-refractivity contribution in [2.75, 3.05) is 4.90 Å². The molecule has 0 fully saturated rings. The van der Waals surface area contributed by atoms with Gasteiger partial charge in [0.2, 0.25) is 5.91 Å². The molecule has 0 spiro atoms. The first kappa shape index (κ1) is 20.6. The van der Waals surface area contributed by atoms with Crippen molar-refractivity contribution in [2.45, 2.75) is 26.3 Å². The van der Waals surface area contributed by atoms with E-state index < -0.39 is 11.4 Å². The maximum Gasteiger partial charge on any atom is 0.258 e. The van der Waals surface area contributed by atoms with Crippen LogP contribution in [0.15, 0.2) is 66.9 Å². The van der Waals surface area contributed by atoms with Crippen LogP contribution in [0.2, 0.25) is 5.02 Å². The van der Waals surface area contributed by atoms with Crippen LogP contribution in [0, 0.1) is 0 Å². The van der Waals surface area contributed by atoms with E-state index in [4.69, 9.17) is 17.3 Å². The van der Waals surface area contributed by atoms with Gasteiger partial charge in [-0.25, -0.2) is 0 Å². The number of benzene rings is 2. The Morgan fingerprint density at radius 3 is 2.17 bits per heavy atom. The fourth-order valence-corrected chi connectivity index (χ4v) is 3.30. The summed E-state index contributed by atoms with van der Waals surface area (Å²) in [4.78, 5) is 30.7. The summed E-state index contributed by atoms with van der Waals surface area (Å²) in [5.41, 5.74) is 7.78. The standard InChI is InChI=1S/C23H22ClN3O2/c1-23(2,3)27(22(29)16-9-7-15(8-10-16)21(25)28)17-11-12-19(24)18(14-17)20-6-4-5-13-26-20/h4-14H,1-3H3,(H2,25,28). The molecule has 0 atom stereocenters. The Morgan fingerprint density at radius 1 is 0.966 bits per heavy atom. The number of amides is 2. The number of aromatic nitrogens is 1. The molecule has 2 aromatic carbocycles. The maximum atomic E-state index is 13.4. The third-order valence-electron chi connectivity index (χ3n) is 4.44. The van der Waals surface area contributed by atoms with Gasteiger partial charge in [0.05, 0.1) is 10.7 Å². The minimum Gasteiger partial charge on any atom is -0.366 e. The molecule has 2 amide bonds. The van der Waals surface area contributed by atoms with Gasteiger partial charge in [0, 0.05) is 34.1 Å². The Labute approximate surface area is 175 Å². The Morgan fingerprint density at radius 2 is 1.62 bits per heavy atom. The van der Waals surface area contributed by atoms with Crippen LogP contribution in [0.4, 0.5) is 5.69 Å².